The van der Waals surface area contributed by atoms with Gasteiger partial charge in [-0.2, -0.15) is 30.7 Å². The summed E-state index contributed by atoms with van der Waals surface area (Å²) in [6.07, 6.45) is -11.2. The molecule has 0 saturated carbocycles. The largest absolute Gasteiger partial charge is 0.463 e. The molecule has 1 rings (SSSR count). The van der Waals surface area contributed by atoms with E-state index in [1.807, 2.05) is 0 Å². The van der Waals surface area contributed by atoms with E-state index < -0.39 is 47.2 Å². The number of carbonyl (C=O) groups is 1. The number of esters is 1. The minimum Gasteiger partial charge on any atom is -0.463 e. The first-order chi connectivity index (χ1) is 9.41. The van der Waals surface area contributed by atoms with Gasteiger partial charge in [-0.3, -0.25) is 0 Å². The van der Waals surface area contributed by atoms with Crippen LogP contribution in [0.15, 0.2) is 22.9 Å². The van der Waals surface area contributed by atoms with Crippen LogP contribution >= 0.6 is 0 Å². The maximum atomic E-state index is 13.2. The Balaban J connectivity index is 3.50. The number of alkyl halides is 6. The lowest BCUT2D eigenvalue weighted by Gasteiger charge is -2.30. The molecule has 0 radical (unpaired) electrons. The van der Waals surface area contributed by atoms with Gasteiger partial charge in [0, 0.05) is 0 Å². The van der Waals surface area contributed by atoms with Crippen LogP contribution in [0.2, 0.25) is 0 Å². The summed E-state index contributed by atoms with van der Waals surface area (Å²) in [5.74, 6) is -6.07. The van der Waals surface area contributed by atoms with Gasteiger partial charge in [-0.1, -0.05) is 0 Å². The predicted octanol–water partition coefficient (Wildman–Crippen LogP) is 3.78. The van der Waals surface area contributed by atoms with Gasteiger partial charge < -0.3 is 9.47 Å². The normalized spacial score (nSPS) is 20.5. The van der Waals surface area contributed by atoms with Crippen molar-refractivity contribution in [1.29, 1.82) is 0 Å². The van der Waals surface area contributed by atoms with Gasteiger partial charge in [0.05, 0.1) is 12.2 Å². The lowest BCUT2D eigenvalue weighted by molar-refractivity contribution is -0.186. The van der Waals surface area contributed by atoms with Gasteiger partial charge in [0.15, 0.2) is 0 Å². The Morgan fingerprint density at radius 3 is 2.14 bits per heavy atom. The topological polar surface area (TPSA) is 35.5 Å². The van der Waals surface area contributed by atoms with Crippen molar-refractivity contribution < 1.29 is 45.0 Å². The van der Waals surface area contributed by atoms with Gasteiger partial charge in [0.1, 0.15) is 17.3 Å². The van der Waals surface area contributed by atoms with E-state index in [2.05, 4.69) is 9.47 Å². The maximum Gasteiger partial charge on any atom is 0.419 e. The van der Waals surface area contributed by atoms with E-state index in [1.54, 1.807) is 0 Å². The van der Waals surface area contributed by atoms with Crippen LogP contribution in [0.25, 0.3) is 0 Å². The third-order valence-corrected chi connectivity index (χ3v) is 2.54. The highest BCUT2D eigenvalue weighted by atomic mass is 19.4. The second-order valence-electron chi connectivity index (χ2n) is 3.95. The van der Waals surface area contributed by atoms with Crippen LogP contribution in [-0.4, -0.2) is 24.9 Å². The molecule has 0 aromatic rings. The third-order valence-electron chi connectivity index (χ3n) is 2.54. The summed E-state index contributed by atoms with van der Waals surface area (Å²) in [6, 6.07) is -2.43. The van der Waals surface area contributed by atoms with Crippen molar-refractivity contribution in [3.63, 3.8) is 0 Å². The van der Waals surface area contributed by atoms with Crippen molar-refractivity contribution in [2.45, 2.75) is 26.2 Å². The molecule has 0 bridgehead atoms. The zero-order valence-corrected chi connectivity index (χ0v) is 10.7. The van der Waals surface area contributed by atoms with Crippen LogP contribution in [-0.2, 0) is 14.3 Å². The molecule has 1 unspecified atom stereocenters. The van der Waals surface area contributed by atoms with Crippen molar-refractivity contribution in [1.82, 2.24) is 0 Å². The quantitative estimate of drug-likeness (QED) is 0.573. The second-order valence-corrected chi connectivity index (χ2v) is 3.95. The zero-order chi connectivity index (χ0) is 16.6. The summed E-state index contributed by atoms with van der Waals surface area (Å²) in [6.45, 7) is 1.63. The highest BCUT2D eigenvalue weighted by Crippen LogP contribution is 2.49. The molecule has 120 valence electrons. The van der Waals surface area contributed by atoms with E-state index in [0.29, 0.717) is 0 Å². The number of rotatable bonds is 2. The van der Waals surface area contributed by atoms with Crippen molar-refractivity contribution in [2.75, 3.05) is 6.61 Å². The van der Waals surface area contributed by atoms with Gasteiger partial charge >= 0.3 is 18.3 Å². The maximum absolute atomic E-state index is 13.2. The van der Waals surface area contributed by atoms with Crippen LogP contribution < -0.4 is 0 Å². The molecule has 1 aliphatic heterocycles. The number of carbonyl (C=O) groups excluding carboxylic acids is 1. The summed E-state index contributed by atoms with van der Waals surface area (Å²) in [5.41, 5.74) is -4.03. The molecule has 0 aromatic heterocycles. The van der Waals surface area contributed by atoms with Crippen LogP contribution in [0.3, 0.4) is 0 Å². The molecule has 1 heterocycles. The van der Waals surface area contributed by atoms with Crippen LogP contribution in [0, 0.1) is 5.92 Å². The van der Waals surface area contributed by atoms with Crippen molar-refractivity contribution >= 4 is 5.97 Å². The van der Waals surface area contributed by atoms with Crippen LogP contribution in [0.1, 0.15) is 13.8 Å². The SMILES string of the molecule is CCOC(=O)C1=C(C)OC(F)=C(C(F)(F)F)C1C(F)(F)F. The first-order valence-electron chi connectivity index (χ1n) is 5.50. The van der Waals surface area contributed by atoms with E-state index in [9.17, 15) is 35.5 Å². The van der Waals surface area contributed by atoms with E-state index in [4.69, 9.17) is 0 Å². The summed E-state index contributed by atoms with van der Waals surface area (Å²) in [5, 5.41) is 0. The average molecular weight is 322 g/mol. The number of halogens is 7. The molecule has 21 heavy (non-hydrogen) atoms. The van der Waals surface area contributed by atoms with Crippen LogP contribution in [0.5, 0.6) is 0 Å². The molecule has 0 amide bonds. The van der Waals surface area contributed by atoms with E-state index in [0.717, 1.165) is 6.92 Å². The molecule has 0 N–H and O–H groups in total. The van der Waals surface area contributed by atoms with Crippen molar-refractivity contribution in [3.05, 3.63) is 22.9 Å². The smallest absolute Gasteiger partial charge is 0.419 e. The molecule has 0 spiro atoms. The first kappa shape index (κ1) is 17.3. The number of hydrogen-bond acceptors (Lipinski definition) is 3. The Labute approximate surface area is 114 Å². The molecule has 10 heteroatoms. The molecule has 0 fully saturated rings. The summed E-state index contributed by atoms with van der Waals surface area (Å²) in [7, 11) is 0. The van der Waals surface area contributed by atoms with E-state index in [-0.39, 0.29) is 6.61 Å². The van der Waals surface area contributed by atoms with Gasteiger partial charge in [-0.05, 0) is 13.8 Å². The number of hydrogen-bond donors (Lipinski definition) is 0. The second kappa shape index (κ2) is 5.57. The molecule has 0 saturated heterocycles. The van der Waals surface area contributed by atoms with Crippen molar-refractivity contribution in [2.24, 2.45) is 5.92 Å². The monoisotopic (exact) mass is 322 g/mol. The van der Waals surface area contributed by atoms with Gasteiger partial charge in [0.2, 0.25) is 0 Å². The Bertz CT molecular complexity index is 499. The average Bonchev–Trinajstić information content (AvgIpc) is 2.24. The van der Waals surface area contributed by atoms with Crippen molar-refractivity contribution in [3.8, 4) is 0 Å². The minimum absolute atomic E-state index is 0.367. The summed E-state index contributed by atoms with van der Waals surface area (Å²) < 4.78 is 98.3. The zero-order valence-electron chi connectivity index (χ0n) is 10.7. The lowest BCUT2D eigenvalue weighted by atomic mass is 9.87. The van der Waals surface area contributed by atoms with Gasteiger partial charge in [-0.15, -0.1) is 0 Å². The van der Waals surface area contributed by atoms with Gasteiger partial charge in [0.25, 0.3) is 6.01 Å². The van der Waals surface area contributed by atoms with Gasteiger partial charge in [-0.25, -0.2) is 4.79 Å². The van der Waals surface area contributed by atoms with E-state index in [1.165, 1.54) is 6.92 Å². The number of allylic oxidation sites excluding steroid dienone is 2. The molecule has 1 aliphatic rings. The predicted molar refractivity (Wildman–Crippen MR) is 54.2 cm³/mol. The number of ether oxygens (including phenoxy) is 2. The highest BCUT2D eigenvalue weighted by Gasteiger charge is 2.59. The Morgan fingerprint density at radius 1 is 1.24 bits per heavy atom. The fourth-order valence-electron chi connectivity index (χ4n) is 1.78. The standard InChI is InChI=1S/C11H9F7O3/c1-3-20-9(19)5-4(2)21-8(12)7(11(16,17)18)6(5)10(13,14)15/h6H,3H2,1-2H3. The highest BCUT2D eigenvalue weighted by molar-refractivity contribution is 5.90. The first-order valence-corrected chi connectivity index (χ1v) is 5.50. The Morgan fingerprint density at radius 2 is 1.76 bits per heavy atom. The summed E-state index contributed by atoms with van der Waals surface area (Å²) in [4.78, 5) is 11.5. The molecule has 0 aromatic carbocycles. The molecule has 0 aliphatic carbocycles. The lowest BCUT2D eigenvalue weighted by Crippen LogP contribution is -2.39. The fraction of sp³-hybridized carbons (Fsp3) is 0.545. The molecular weight excluding hydrogens is 313 g/mol. The fourth-order valence-corrected chi connectivity index (χ4v) is 1.78. The third kappa shape index (κ3) is 3.48. The Hall–Kier alpha value is -1.74. The Kier molecular flexibility index (Phi) is 4.59. The summed E-state index contributed by atoms with van der Waals surface area (Å²) >= 11 is 0. The molecule has 3 nitrogen and oxygen atoms in total. The van der Waals surface area contributed by atoms with Crippen LogP contribution in [0.4, 0.5) is 30.7 Å². The molecule has 1 atom stereocenters. The van der Waals surface area contributed by atoms with E-state index >= 15 is 0 Å². The minimum atomic E-state index is -5.66. The molecular formula is C11H9F7O3.